The SMILES string of the molecule is CC(=O)Nc1ccc(/C=C/C2=NC(=C/c3ccc(N(C)C)cc3)/C(=O)N2CC(=O)NC2CCC(C(=O)NCCOCCOCCCCCCCl)CC2)cc1. The van der Waals surface area contributed by atoms with E-state index in [1.807, 2.05) is 61.5 Å². The van der Waals surface area contributed by atoms with Crippen LogP contribution in [0.15, 0.2) is 65.3 Å². The Morgan fingerprint density at radius 1 is 0.870 bits per heavy atom. The van der Waals surface area contributed by atoms with Gasteiger partial charge in [0, 0.05) is 63.4 Å². The molecule has 13 heteroatoms. The Morgan fingerprint density at radius 3 is 2.20 bits per heavy atom. The molecule has 0 unspecified atom stereocenters. The van der Waals surface area contributed by atoms with E-state index in [0.29, 0.717) is 69.5 Å². The predicted molar refractivity (Wildman–Crippen MR) is 215 cm³/mol. The number of carbonyl (C=O) groups excluding carboxylic acids is 4. The smallest absolute Gasteiger partial charge is 0.278 e. The number of aliphatic imine (C=N–C) groups is 1. The Morgan fingerprint density at radius 2 is 1.54 bits per heavy atom. The molecule has 2 aromatic carbocycles. The van der Waals surface area contributed by atoms with Crippen LogP contribution < -0.4 is 20.9 Å². The van der Waals surface area contributed by atoms with Crippen LogP contribution in [0.1, 0.15) is 69.4 Å². The number of hydrogen-bond donors (Lipinski definition) is 3. The topological polar surface area (TPSA) is 142 Å². The molecule has 12 nitrogen and oxygen atoms in total. The Hall–Kier alpha value is -4.52. The fourth-order valence-corrected chi connectivity index (χ4v) is 6.40. The molecule has 1 aliphatic heterocycles. The zero-order valence-electron chi connectivity index (χ0n) is 31.8. The third-order valence-electron chi connectivity index (χ3n) is 9.20. The average molecular weight is 763 g/mol. The van der Waals surface area contributed by atoms with Gasteiger partial charge in [0.05, 0.1) is 19.8 Å². The number of carbonyl (C=O) groups is 4. The highest BCUT2D eigenvalue weighted by Gasteiger charge is 2.32. The van der Waals surface area contributed by atoms with Crippen LogP contribution >= 0.6 is 11.6 Å². The molecule has 54 heavy (non-hydrogen) atoms. The molecule has 0 bridgehead atoms. The van der Waals surface area contributed by atoms with Crippen LogP contribution in [-0.4, -0.2) is 99.9 Å². The standard InChI is InChI=1S/C41H55ClN6O6/c1-30(49)44-34-15-8-31(9-16-34)12-21-38-46-37(28-32-10-19-36(20-11-32)47(2)3)41(52)48(38)29-39(50)45-35-17-13-33(14-18-35)40(51)43-23-25-54-27-26-53-24-7-5-4-6-22-42/h8-12,15-16,19-21,28,33,35H,4-7,13-14,17-18,22-27,29H2,1-3H3,(H,43,51)(H,44,49)(H,45,50)/b21-12+,37-28+. The molecule has 1 saturated carbocycles. The van der Waals surface area contributed by atoms with Crippen LogP contribution in [0.4, 0.5) is 11.4 Å². The van der Waals surface area contributed by atoms with Crippen LogP contribution in [0.2, 0.25) is 0 Å². The fourth-order valence-electron chi connectivity index (χ4n) is 6.21. The summed E-state index contributed by atoms with van der Waals surface area (Å²) in [5.74, 6) is 0.136. The summed E-state index contributed by atoms with van der Waals surface area (Å²) in [6, 6.07) is 14.9. The zero-order chi connectivity index (χ0) is 38.7. The summed E-state index contributed by atoms with van der Waals surface area (Å²) in [6.45, 7) is 3.88. The number of nitrogens with one attached hydrogen (secondary N) is 3. The number of ether oxygens (including phenoxy) is 2. The number of alkyl halides is 1. The van der Waals surface area contributed by atoms with Gasteiger partial charge in [0.1, 0.15) is 18.1 Å². The third-order valence-corrected chi connectivity index (χ3v) is 9.47. The van der Waals surface area contributed by atoms with Crippen molar-refractivity contribution >= 4 is 64.6 Å². The van der Waals surface area contributed by atoms with E-state index < -0.39 is 0 Å². The molecule has 0 atom stereocenters. The van der Waals surface area contributed by atoms with Crippen molar-refractivity contribution < 1.29 is 28.7 Å². The van der Waals surface area contributed by atoms with Crippen LogP contribution in [0.5, 0.6) is 0 Å². The molecule has 1 aliphatic carbocycles. The highest BCUT2D eigenvalue weighted by molar-refractivity contribution is 6.19. The number of amides is 4. The van der Waals surface area contributed by atoms with Crippen molar-refractivity contribution in [2.24, 2.45) is 10.9 Å². The molecule has 2 aliphatic rings. The molecule has 4 amide bonds. The molecule has 292 valence electrons. The second-order valence-corrected chi connectivity index (χ2v) is 14.1. The van der Waals surface area contributed by atoms with Crippen molar-refractivity contribution in [2.45, 2.75) is 64.3 Å². The summed E-state index contributed by atoms with van der Waals surface area (Å²) in [4.78, 5) is 59.1. The first-order valence-electron chi connectivity index (χ1n) is 18.9. The van der Waals surface area contributed by atoms with E-state index in [1.54, 1.807) is 24.3 Å². The largest absolute Gasteiger partial charge is 0.379 e. The minimum atomic E-state index is -0.367. The van der Waals surface area contributed by atoms with Gasteiger partial charge in [0.25, 0.3) is 5.91 Å². The van der Waals surface area contributed by atoms with Gasteiger partial charge < -0.3 is 30.3 Å². The lowest BCUT2D eigenvalue weighted by molar-refractivity contribution is -0.129. The van der Waals surface area contributed by atoms with Crippen molar-refractivity contribution in [3.63, 3.8) is 0 Å². The van der Waals surface area contributed by atoms with Crippen LogP contribution in [0.25, 0.3) is 12.2 Å². The van der Waals surface area contributed by atoms with Crippen molar-refractivity contribution in [1.29, 1.82) is 0 Å². The molecule has 1 fully saturated rings. The first-order valence-corrected chi connectivity index (χ1v) is 19.4. The van der Waals surface area contributed by atoms with E-state index >= 15 is 0 Å². The zero-order valence-corrected chi connectivity index (χ0v) is 32.5. The van der Waals surface area contributed by atoms with Crippen molar-refractivity contribution in [3.05, 3.63) is 71.4 Å². The van der Waals surface area contributed by atoms with E-state index in [0.717, 1.165) is 49.1 Å². The van der Waals surface area contributed by atoms with Gasteiger partial charge in [-0.2, -0.15) is 0 Å². The predicted octanol–water partition coefficient (Wildman–Crippen LogP) is 5.63. The Bertz CT molecular complexity index is 1620. The maximum Gasteiger partial charge on any atom is 0.278 e. The van der Waals surface area contributed by atoms with Crippen molar-refractivity contribution in [1.82, 2.24) is 15.5 Å². The van der Waals surface area contributed by atoms with Crippen molar-refractivity contribution in [2.75, 3.05) is 69.7 Å². The lowest BCUT2D eigenvalue weighted by Gasteiger charge is -2.29. The monoisotopic (exact) mass is 762 g/mol. The second kappa shape index (κ2) is 22.6. The molecule has 2 aromatic rings. The molecule has 0 radical (unpaired) electrons. The molecular formula is C41H55ClN6O6. The van der Waals surface area contributed by atoms with E-state index in [-0.39, 0.29) is 47.8 Å². The fraction of sp³-hybridized carbons (Fsp3) is 0.488. The van der Waals surface area contributed by atoms with Gasteiger partial charge in [0.15, 0.2) is 0 Å². The van der Waals surface area contributed by atoms with Crippen molar-refractivity contribution in [3.8, 4) is 0 Å². The summed E-state index contributed by atoms with van der Waals surface area (Å²) in [6.07, 6.45) is 12.2. The maximum atomic E-state index is 13.6. The maximum absolute atomic E-state index is 13.6. The highest BCUT2D eigenvalue weighted by Crippen LogP contribution is 2.25. The lowest BCUT2D eigenvalue weighted by atomic mass is 9.85. The summed E-state index contributed by atoms with van der Waals surface area (Å²) in [7, 11) is 3.92. The molecule has 3 N–H and O–H groups in total. The van der Waals surface area contributed by atoms with Gasteiger partial charge in [-0.05, 0) is 86.1 Å². The number of hydrogen-bond acceptors (Lipinski definition) is 8. The number of anilines is 2. The Kier molecular flexibility index (Phi) is 17.7. The van der Waals surface area contributed by atoms with Gasteiger partial charge in [-0.1, -0.05) is 43.2 Å². The molecule has 1 heterocycles. The minimum Gasteiger partial charge on any atom is -0.379 e. The molecule has 4 rings (SSSR count). The lowest BCUT2D eigenvalue weighted by Crippen LogP contribution is -2.46. The van der Waals surface area contributed by atoms with E-state index in [9.17, 15) is 19.2 Å². The summed E-state index contributed by atoms with van der Waals surface area (Å²) in [5.41, 5.74) is 3.58. The van der Waals surface area contributed by atoms with Gasteiger partial charge in [-0.15, -0.1) is 11.6 Å². The average Bonchev–Trinajstić information content (AvgIpc) is 3.44. The number of rotatable bonds is 21. The Balaban J connectivity index is 1.25. The van der Waals surface area contributed by atoms with Crippen LogP contribution in [0.3, 0.4) is 0 Å². The second-order valence-electron chi connectivity index (χ2n) is 13.7. The molecule has 0 saturated heterocycles. The van der Waals surface area contributed by atoms with Gasteiger partial charge >= 0.3 is 0 Å². The molecule has 0 spiro atoms. The summed E-state index contributed by atoms with van der Waals surface area (Å²) >= 11 is 5.69. The van der Waals surface area contributed by atoms with E-state index in [4.69, 9.17) is 21.1 Å². The first-order chi connectivity index (χ1) is 26.1. The van der Waals surface area contributed by atoms with Crippen LogP contribution in [-0.2, 0) is 28.7 Å². The number of nitrogens with zero attached hydrogens (tertiary/aromatic N) is 3. The van der Waals surface area contributed by atoms with Gasteiger partial charge in [-0.25, -0.2) is 4.99 Å². The van der Waals surface area contributed by atoms with E-state index in [2.05, 4.69) is 20.9 Å². The quantitative estimate of drug-likeness (QED) is 0.0851. The number of unbranched alkanes of at least 4 members (excludes halogenated alkanes) is 3. The van der Waals surface area contributed by atoms with Crippen LogP contribution in [0, 0.1) is 5.92 Å². The summed E-state index contributed by atoms with van der Waals surface area (Å²) in [5, 5.41) is 8.79. The highest BCUT2D eigenvalue weighted by atomic mass is 35.5. The number of benzene rings is 2. The van der Waals surface area contributed by atoms with E-state index in [1.165, 1.54) is 11.8 Å². The summed E-state index contributed by atoms with van der Waals surface area (Å²) < 4.78 is 11.2. The van der Waals surface area contributed by atoms with Gasteiger partial charge in [-0.3, -0.25) is 24.1 Å². The number of halogens is 1. The Labute approximate surface area is 324 Å². The molecular weight excluding hydrogens is 708 g/mol. The molecule has 0 aromatic heterocycles. The minimum absolute atomic E-state index is 0.00676. The third kappa shape index (κ3) is 14.4. The van der Waals surface area contributed by atoms with Gasteiger partial charge in [0.2, 0.25) is 17.7 Å². The normalized spacial score (nSPS) is 17.9. The first kappa shape index (κ1) is 42.2. The number of amidine groups is 1.